The highest BCUT2D eigenvalue weighted by Gasteiger charge is 2.02. The van der Waals surface area contributed by atoms with E-state index in [0.29, 0.717) is 5.75 Å². The minimum atomic E-state index is -0.127. The van der Waals surface area contributed by atoms with E-state index in [2.05, 4.69) is 4.99 Å². The Morgan fingerprint density at radius 2 is 1.91 bits per heavy atom. The van der Waals surface area contributed by atoms with Gasteiger partial charge in [-0.2, -0.15) is 11.8 Å². The van der Waals surface area contributed by atoms with Gasteiger partial charge in [0.05, 0.1) is 23.9 Å². The summed E-state index contributed by atoms with van der Waals surface area (Å²) in [5, 5.41) is 0.723. The van der Waals surface area contributed by atoms with Crippen molar-refractivity contribution in [2.75, 3.05) is 12.0 Å². The van der Waals surface area contributed by atoms with Crippen molar-refractivity contribution in [2.24, 2.45) is 10.7 Å². The Balaban J connectivity index is 0. The molecule has 1 aromatic carbocycles. The largest absolute Gasteiger partial charge is 0.462 e. The van der Waals surface area contributed by atoms with E-state index in [4.69, 9.17) is 22.1 Å². The number of esters is 1. The molecule has 0 bridgehead atoms. The number of halogens is 1. The molecule has 6 heteroatoms. The molecule has 4 nitrogen and oxygen atoms in total. The molecule has 1 rings (SSSR count). The molecule has 0 aliphatic rings. The summed E-state index contributed by atoms with van der Waals surface area (Å²) in [6.07, 6.45) is 3.17. The maximum Gasteiger partial charge on any atom is 0.316 e. The molecule has 0 saturated carbocycles. The lowest BCUT2D eigenvalue weighted by molar-refractivity contribution is -0.144. The molecule has 0 aromatic heterocycles. The van der Waals surface area contributed by atoms with Gasteiger partial charge >= 0.3 is 5.97 Å². The summed E-state index contributed by atoms with van der Waals surface area (Å²) in [6, 6.07) is 3.81. The van der Waals surface area contributed by atoms with Gasteiger partial charge < -0.3 is 10.5 Å². The fourth-order valence-electron chi connectivity index (χ4n) is 1.45. The maximum atomic E-state index is 10.6. The summed E-state index contributed by atoms with van der Waals surface area (Å²) in [6.45, 7) is 11.6. The molecule has 0 heterocycles. The lowest BCUT2D eigenvalue weighted by Gasteiger charge is -2.05. The summed E-state index contributed by atoms with van der Waals surface area (Å²) in [4.78, 5) is 14.6. The van der Waals surface area contributed by atoms with E-state index >= 15 is 0 Å². The lowest BCUT2D eigenvalue weighted by atomic mass is 10.1. The topological polar surface area (TPSA) is 64.7 Å². The zero-order valence-corrected chi connectivity index (χ0v) is 16.7. The van der Waals surface area contributed by atoms with E-state index in [9.17, 15) is 4.79 Å². The summed E-state index contributed by atoms with van der Waals surface area (Å²) in [7, 11) is 0. The second kappa shape index (κ2) is 14.4. The first-order chi connectivity index (χ1) is 10.8. The minimum absolute atomic E-state index is 0.0182. The first kappa shape index (κ1) is 24.1. The second-order valence-electron chi connectivity index (χ2n) is 4.64. The Kier molecular flexibility index (Phi) is 15.1. The molecule has 0 radical (unpaired) electrons. The zero-order valence-electron chi connectivity index (χ0n) is 15.1. The third-order valence-corrected chi connectivity index (χ3v) is 3.25. The first-order valence-electron chi connectivity index (χ1n) is 7.51. The molecule has 0 spiro atoms. The Bertz CT molecular complexity index is 492. The smallest absolute Gasteiger partial charge is 0.316 e. The number of thioether (sulfide) groups is 1. The fourth-order valence-corrected chi connectivity index (χ4v) is 1.91. The SMILES string of the molecule is CC.CSCC(=O)OC(C)C.Cc1cc(C)c(N=CN)cc1Cl. The van der Waals surface area contributed by atoms with Crippen LogP contribution in [-0.2, 0) is 9.53 Å². The average molecular weight is 361 g/mol. The van der Waals surface area contributed by atoms with Crippen molar-refractivity contribution < 1.29 is 9.53 Å². The third kappa shape index (κ3) is 12.0. The van der Waals surface area contributed by atoms with Crippen LogP contribution in [0.5, 0.6) is 0 Å². The Labute approximate surface area is 149 Å². The van der Waals surface area contributed by atoms with Gasteiger partial charge in [0.15, 0.2) is 0 Å². The molecule has 0 aliphatic heterocycles. The van der Waals surface area contributed by atoms with Crippen molar-refractivity contribution in [1.29, 1.82) is 0 Å². The highest BCUT2D eigenvalue weighted by Crippen LogP contribution is 2.25. The van der Waals surface area contributed by atoms with Crippen LogP contribution < -0.4 is 5.73 Å². The molecule has 0 unspecified atom stereocenters. The molecule has 0 saturated heterocycles. The maximum absolute atomic E-state index is 10.6. The number of carbonyl (C=O) groups excluding carboxylic acids is 1. The number of nitrogens with two attached hydrogens (primary N) is 1. The van der Waals surface area contributed by atoms with Crippen LogP contribution in [0.3, 0.4) is 0 Å². The lowest BCUT2D eigenvalue weighted by Crippen LogP contribution is -2.12. The van der Waals surface area contributed by atoms with Crippen LogP contribution in [0.2, 0.25) is 5.02 Å². The van der Waals surface area contributed by atoms with Gasteiger partial charge in [0.25, 0.3) is 0 Å². The Hall–Kier alpha value is -1.20. The highest BCUT2D eigenvalue weighted by molar-refractivity contribution is 7.99. The monoisotopic (exact) mass is 360 g/mol. The van der Waals surface area contributed by atoms with Crippen molar-refractivity contribution in [3.8, 4) is 0 Å². The van der Waals surface area contributed by atoms with Gasteiger partial charge in [-0.05, 0) is 51.1 Å². The van der Waals surface area contributed by atoms with E-state index < -0.39 is 0 Å². The molecule has 0 atom stereocenters. The van der Waals surface area contributed by atoms with Crippen LogP contribution in [0, 0.1) is 13.8 Å². The van der Waals surface area contributed by atoms with Gasteiger partial charge in [-0.1, -0.05) is 31.5 Å². The molecule has 0 amide bonds. The number of benzene rings is 1. The van der Waals surface area contributed by atoms with Crippen LogP contribution in [0.15, 0.2) is 17.1 Å². The van der Waals surface area contributed by atoms with Crippen LogP contribution in [0.4, 0.5) is 5.69 Å². The van der Waals surface area contributed by atoms with Gasteiger partial charge in [0.1, 0.15) is 0 Å². The molecular formula is C17H29ClN2O2S. The highest BCUT2D eigenvalue weighted by atomic mass is 35.5. The third-order valence-electron chi connectivity index (χ3n) is 2.32. The van der Waals surface area contributed by atoms with E-state index in [1.807, 2.05) is 59.9 Å². The molecule has 23 heavy (non-hydrogen) atoms. The van der Waals surface area contributed by atoms with E-state index in [1.165, 1.54) is 18.1 Å². The predicted octanol–water partition coefficient (Wildman–Crippen LogP) is 4.90. The number of carbonyl (C=O) groups is 1. The van der Waals surface area contributed by atoms with Gasteiger partial charge in [0, 0.05) is 5.02 Å². The number of rotatable bonds is 4. The molecule has 0 fully saturated rings. The number of aryl methyl sites for hydroxylation is 2. The van der Waals surface area contributed by atoms with Gasteiger partial charge in [0.2, 0.25) is 0 Å². The van der Waals surface area contributed by atoms with Gasteiger partial charge in [-0.3, -0.25) is 4.79 Å². The Morgan fingerprint density at radius 3 is 2.35 bits per heavy atom. The van der Waals surface area contributed by atoms with Crippen molar-refractivity contribution in [1.82, 2.24) is 0 Å². The summed E-state index contributed by atoms with van der Waals surface area (Å²) < 4.78 is 4.83. The number of hydrogen-bond donors (Lipinski definition) is 1. The minimum Gasteiger partial charge on any atom is -0.462 e. The van der Waals surface area contributed by atoms with Crippen LogP contribution in [0.1, 0.15) is 38.8 Å². The quantitative estimate of drug-likeness (QED) is 0.471. The van der Waals surface area contributed by atoms with E-state index in [0.717, 1.165) is 21.8 Å². The van der Waals surface area contributed by atoms with Crippen molar-refractivity contribution >= 4 is 41.4 Å². The predicted molar refractivity (Wildman–Crippen MR) is 104 cm³/mol. The second-order valence-corrected chi connectivity index (χ2v) is 5.91. The van der Waals surface area contributed by atoms with Crippen molar-refractivity contribution in [2.45, 2.75) is 47.6 Å². The molecular weight excluding hydrogens is 332 g/mol. The number of ether oxygens (including phenoxy) is 1. The van der Waals surface area contributed by atoms with E-state index in [-0.39, 0.29) is 12.1 Å². The average Bonchev–Trinajstić information content (AvgIpc) is 2.47. The number of hydrogen-bond acceptors (Lipinski definition) is 4. The normalized spacial score (nSPS) is 9.78. The molecule has 1 aromatic rings. The number of nitrogens with zero attached hydrogens (tertiary/aromatic N) is 1. The van der Waals surface area contributed by atoms with Crippen LogP contribution in [-0.4, -0.2) is 30.4 Å². The van der Waals surface area contributed by atoms with Crippen molar-refractivity contribution in [3.63, 3.8) is 0 Å². The number of aliphatic imine (C=N–C) groups is 1. The summed E-state index contributed by atoms with van der Waals surface area (Å²) >= 11 is 7.38. The molecule has 2 N–H and O–H groups in total. The summed E-state index contributed by atoms with van der Waals surface area (Å²) in [5.41, 5.74) is 8.15. The Morgan fingerprint density at radius 1 is 1.35 bits per heavy atom. The standard InChI is InChI=1S/C9H11ClN2.C6H12O2S.C2H6/c1-6-3-7(2)9(12-5-11)4-8(6)10;1-5(2)8-6(7)4-9-3;1-2/h3-5H,1-2H3,(H2,11,12);5H,4H2,1-3H3;1-2H3. The first-order valence-corrected chi connectivity index (χ1v) is 9.28. The van der Waals surface area contributed by atoms with Crippen LogP contribution in [0.25, 0.3) is 0 Å². The van der Waals surface area contributed by atoms with Gasteiger partial charge in [-0.15, -0.1) is 0 Å². The zero-order chi connectivity index (χ0) is 18.4. The summed E-state index contributed by atoms with van der Waals surface area (Å²) in [5.74, 6) is 0.329. The van der Waals surface area contributed by atoms with Crippen molar-refractivity contribution in [3.05, 3.63) is 28.3 Å². The van der Waals surface area contributed by atoms with Crippen LogP contribution >= 0.6 is 23.4 Å². The fraction of sp³-hybridized carbons (Fsp3) is 0.529. The molecule has 0 aliphatic carbocycles. The molecule has 132 valence electrons. The van der Waals surface area contributed by atoms with E-state index in [1.54, 1.807) is 0 Å². The van der Waals surface area contributed by atoms with Gasteiger partial charge in [-0.25, -0.2) is 4.99 Å².